The molecule has 2 unspecified atom stereocenters. The SMILES string of the molecule is Cc1nc(N2CC(N)(n3nccn3)SC2N)sc1C. The fraction of sp³-hybridized carbons (Fsp3) is 0.500. The van der Waals surface area contributed by atoms with Crippen molar-refractivity contribution in [1.29, 1.82) is 0 Å². The quantitative estimate of drug-likeness (QED) is 0.828. The van der Waals surface area contributed by atoms with E-state index < -0.39 is 4.99 Å². The van der Waals surface area contributed by atoms with Crippen LogP contribution in [0.1, 0.15) is 10.6 Å². The van der Waals surface area contributed by atoms with Crippen molar-refractivity contribution in [3.8, 4) is 0 Å². The van der Waals surface area contributed by atoms with Crippen LogP contribution in [0.3, 0.4) is 0 Å². The first kappa shape index (κ1) is 12.9. The molecule has 0 aromatic carbocycles. The Morgan fingerprint density at radius 3 is 2.63 bits per heavy atom. The maximum atomic E-state index is 6.34. The second-order valence-corrected chi connectivity index (χ2v) is 7.04. The molecule has 1 aliphatic rings. The summed E-state index contributed by atoms with van der Waals surface area (Å²) in [6, 6.07) is 0. The molecule has 0 amide bonds. The molecule has 0 saturated carbocycles. The van der Waals surface area contributed by atoms with Crippen molar-refractivity contribution in [2.24, 2.45) is 11.5 Å². The molecule has 0 radical (unpaired) electrons. The fourth-order valence-electron chi connectivity index (χ4n) is 1.92. The summed E-state index contributed by atoms with van der Waals surface area (Å²) >= 11 is 3.06. The van der Waals surface area contributed by atoms with E-state index in [2.05, 4.69) is 22.1 Å². The average molecular weight is 297 g/mol. The van der Waals surface area contributed by atoms with Gasteiger partial charge >= 0.3 is 0 Å². The zero-order chi connectivity index (χ0) is 13.6. The van der Waals surface area contributed by atoms with Crippen molar-refractivity contribution in [2.75, 3.05) is 11.4 Å². The molecule has 2 atom stereocenters. The standard InChI is InChI=1S/C10H15N7S2/c1-6-7(2)18-9(15-6)16-5-10(12,19-8(16)11)17-13-3-4-14-17/h3-4,8H,5,11-12H2,1-2H3. The highest BCUT2D eigenvalue weighted by Crippen LogP contribution is 2.40. The second kappa shape index (κ2) is 4.44. The van der Waals surface area contributed by atoms with E-state index in [1.807, 2.05) is 11.8 Å². The zero-order valence-electron chi connectivity index (χ0n) is 10.6. The number of hydrogen-bond acceptors (Lipinski definition) is 8. The van der Waals surface area contributed by atoms with Crippen LogP contribution >= 0.6 is 23.1 Å². The molecule has 2 aromatic heterocycles. The van der Waals surface area contributed by atoms with Crippen molar-refractivity contribution in [3.05, 3.63) is 23.0 Å². The largest absolute Gasteiger partial charge is 0.319 e. The van der Waals surface area contributed by atoms with E-state index >= 15 is 0 Å². The monoisotopic (exact) mass is 297 g/mol. The van der Waals surface area contributed by atoms with Gasteiger partial charge in [0.15, 0.2) is 10.1 Å². The van der Waals surface area contributed by atoms with Crippen LogP contribution < -0.4 is 16.4 Å². The number of nitrogens with two attached hydrogens (primary N) is 2. The van der Waals surface area contributed by atoms with Crippen LogP contribution in [0.2, 0.25) is 0 Å². The number of aromatic nitrogens is 4. The molecule has 19 heavy (non-hydrogen) atoms. The second-order valence-electron chi connectivity index (χ2n) is 4.44. The molecule has 0 bridgehead atoms. The molecule has 1 aliphatic heterocycles. The first-order valence-electron chi connectivity index (χ1n) is 5.79. The predicted octanol–water partition coefficient (Wildman–Crippen LogP) is 0.416. The van der Waals surface area contributed by atoms with Gasteiger partial charge in [0.25, 0.3) is 0 Å². The van der Waals surface area contributed by atoms with Gasteiger partial charge in [-0.3, -0.25) is 5.73 Å². The number of aryl methyl sites for hydroxylation is 2. The van der Waals surface area contributed by atoms with Crippen LogP contribution in [0.4, 0.5) is 5.13 Å². The number of nitrogens with zero attached hydrogens (tertiary/aromatic N) is 5. The zero-order valence-corrected chi connectivity index (χ0v) is 12.3. The number of thioether (sulfide) groups is 1. The number of hydrogen-bond donors (Lipinski definition) is 2. The van der Waals surface area contributed by atoms with Gasteiger partial charge in [-0.1, -0.05) is 11.8 Å². The molecule has 7 nitrogen and oxygen atoms in total. The van der Waals surface area contributed by atoms with Crippen LogP contribution in [-0.2, 0) is 4.99 Å². The summed E-state index contributed by atoms with van der Waals surface area (Å²) in [5.74, 6) is 0. The summed E-state index contributed by atoms with van der Waals surface area (Å²) in [5, 5.41) is 9.13. The Morgan fingerprint density at radius 1 is 1.37 bits per heavy atom. The van der Waals surface area contributed by atoms with Gasteiger partial charge in [0.1, 0.15) is 5.50 Å². The highest BCUT2D eigenvalue weighted by molar-refractivity contribution is 8.00. The van der Waals surface area contributed by atoms with Gasteiger partial charge in [-0.2, -0.15) is 15.0 Å². The molecule has 0 spiro atoms. The summed E-state index contributed by atoms with van der Waals surface area (Å²) in [6.45, 7) is 4.57. The van der Waals surface area contributed by atoms with E-state index in [4.69, 9.17) is 11.5 Å². The van der Waals surface area contributed by atoms with E-state index in [1.54, 1.807) is 23.7 Å². The minimum absolute atomic E-state index is 0.249. The molecule has 2 aromatic rings. The van der Waals surface area contributed by atoms with Gasteiger partial charge in [0.2, 0.25) is 0 Å². The van der Waals surface area contributed by atoms with Crippen LogP contribution in [0.5, 0.6) is 0 Å². The van der Waals surface area contributed by atoms with Crippen LogP contribution in [-0.4, -0.2) is 32.0 Å². The molecule has 1 saturated heterocycles. The van der Waals surface area contributed by atoms with E-state index in [9.17, 15) is 0 Å². The molecule has 3 rings (SSSR count). The van der Waals surface area contributed by atoms with Gasteiger partial charge in [0.05, 0.1) is 24.6 Å². The summed E-state index contributed by atoms with van der Waals surface area (Å²) in [5.41, 5.74) is 13.3. The summed E-state index contributed by atoms with van der Waals surface area (Å²) in [7, 11) is 0. The molecular weight excluding hydrogens is 282 g/mol. The average Bonchev–Trinajstić information content (AvgIpc) is 3.02. The minimum Gasteiger partial charge on any atom is -0.319 e. The Balaban J connectivity index is 1.90. The first-order valence-corrected chi connectivity index (χ1v) is 7.49. The highest BCUT2D eigenvalue weighted by Gasteiger charge is 2.44. The Labute approximate surface area is 119 Å². The lowest BCUT2D eigenvalue weighted by molar-refractivity contribution is 0.382. The molecule has 3 heterocycles. The van der Waals surface area contributed by atoms with Crippen LogP contribution in [0.25, 0.3) is 0 Å². The van der Waals surface area contributed by atoms with Gasteiger partial charge < -0.3 is 10.6 Å². The molecule has 1 fully saturated rings. The van der Waals surface area contributed by atoms with E-state index in [0.29, 0.717) is 6.54 Å². The lowest BCUT2D eigenvalue weighted by Gasteiger charge is -2.21. The van der Waals surface area contributed by atoms with Crippen molar-refractivity contribution in [3.63, 3.8) is 0 Å². The topological polar surface area (TPSA) is 98.9 Å². The fourth-order valence-corrected chi connectivity index (χ4v) is 4.05. The minimum atomic E-state index is -0.754. The summed E-state index contributed by atoms with van der Waals surface area (Å²) in [6.07, 6.45) is 3.22. The number of rotatable bonds is 2. The van der Waals surface area contributed by atoms with E-state index in [-0.39, 0.29) is 5.50 Å². The van der Waals surface area contributed by atoms with Gasteiger partial charge in [0, 0.05) is 4.88 Å². The van der Waals surface area contributed by atoms with Crippen molar-refractivity contribution >= 4 is 28.2 Å². The smallest absolute Gasteiger partial charge is 0.197 e. The Morgan fingerprint density at radius 2 is 2.05 bits per heavy atom. The van der Waals surface area contributed by atoms with Gasteiger partial charge in [-0.25, -0.2) is 4.98 Å². The third kappa shape index (κ3) is 2.12. The number of thiazole rings is 1. The molecule has 9 heteroatoms. The third-order valence-corrected chi connectivity index (χ3v) is 5.36. The Bertz CT molecular complexity index is 561. The summed E-state index contributed by atoms with van der Waals surface area (Å²) < 4.78 is 0. The molecule has 4 N–H and O–H groups in total. The lowest BCUT2D eigenvalue weighted by Crippen LogP contribution is -2.45. The van der Waals surface area contributed by atoms with E-state index in [0.717, 1.165) is 10.8 Å². The highest BCUT2D eigenvalue weighted by atomic mass is 32.2. The van der Waals surface area contributed by atoms with Crippen LogP contribution in [0.15, 0.2) is 12.4 Å². The molecular formula is C10H15N7S2. The van der Waals surface area contributed by atoms with Crippen molar-refractivity contribution < 1.29 is 0 Å². The Hall–Kier alpha value is -1.16. The van der Waals surface area contributed by atoms with Gasteiger partial charge in [-0.15, -0.1) is 11.3 Å². The molecule has 0 aliphatic carbocycles. The van der Waals surface area contributed by atoms with Gasteiger partial charge in [-0.05, 0) is 13.8 Å². The lowest BCUT2D eigenvalue weighted by atomic mass is 10.4. The number of anilines is 1. The first-order chi connectivity index (χ1) is 8.99. The van der Waals surface area contributed by atoms with Crippen LogP contribution in [0, 0.1) is 13.8 Å². The third-order valence-electron chi connectivity index (χ3n) is 3.05. The van der Waals surface area contributed by atoms with Crippen molar-refractivity contribution in [2.45, 2.75) is 24.3 Å². The maximum absolute atomic E-state index is 6.34. The Kier molecular flexibility index (Phi) is 3.01. The maximum Gasteiger partial charge on any atom is 0.197 e. The predicted molar refractivity (Wildman–Crippen MR) is 76.7 cm³/mol. The molecule has 102 valence electrons. The van der Waals surface area contributed by atoms with E-state index in [1.165, 1.54) is 21.4 Å². The van der Waals surface area contributed by atoms with Crippen molar-refractivity contribution in [1.82, 2.24) is 20.0 Å². The summed E-state index contributed by atoms with van der Waals surface area (Å²) in [4.78, 5) is 8.48. The normalized spacial score (nSPS) is 27.2.